The first kappa shape index (κ1) is 17.3. The minimum atomic E-state index is -4.45. The minimum absolute atomic E-state index is 0.0672. The Bertz CT molecular complexity index is 586. The number of nitrogens with zero attached hydrogens (tertiary/aromatic N) is 2. The van der Waals surface area contributed by atoms with Gasteiger partial charge < -0.3 is 10.6 Å². The third-order valence-electron chi connectivity index (χ3n) is 5.26. The van der Waals surface area contributed by atoms with Crippen LogP contribution in [0.4, 0.5) is 13.2 Å². The van der Waals surface area contributed by atoms with Crippen molar-refractivity contribution in [1.29, 1.82) is 0 Å². The maximum Gasteiger partial charge on any atom is 0.435 e. The number of rotatable bonds is 3. The molecule has 1 saturated carbocycles. The smallest absolute Gasteiger partial charge is 0.342 e. The summed E-state index contributed by atoms with van der Waals surface area (Å²) in [6, 6.07) is 1.16. The zero-order valence-electron chi connectivity index (χ0n) is 13.5. The molecule has 1 aromatic heterocycles. The van der Waals surface area contributed by atoms with Gasteiger partial charge in [-0.1, -0.05) is 6.42 Å². The van der Waals surface area contributed by atoms with E-state index in [4.69, 9.17) is 5.73 Å². The molecule has 134 valence electrons. The summed E-state index contributed by atoms with van der Waals surface area (Å²) in [5.41, 5.74) is 5.58. The first-order valence-electron chi connectivity index (χ1n) is 8.50. The number of nitrogens with one attached hydrogen (secondary N) is 1. The second-order valence-electron chi connectivity index (χ2n) is 6.94. The lowest BCUT2D eigenvalue weighted by Gasteiger charge is -2.33. The number of nitrogens with two attached hydrogens (primary N) is 1. The number of hydrogen-bond acceptors (Lipinski definition) is 3. The van der Waals surface area contributed by atoms with E-state index in [1.54, 1.807) is 4.90 Å². The van der Waals surface area contributed by atoms with Crippen LogP contribution in [0.5, 0.6) is 0 Å². The number of carbonyl (C=O) groups is 1. The molecule has 2 aliphatic rings. The van der Waals surface area contributed by atoms with Crippen LogP contribution < -0.4 is 5.73 Å². The standard InChI is InChI=1S/C16H23F3N4O/c17-16(18,19)14-8-13(21-22-14)11-4-2-6-23(9-11)15(24)7-10-3-1-5-12(10)20/h8,10-12H,1-7,9,20H2,(H,21,22)/t10-,11?,12+/m0/s1. The van der Waals surface area contributed by atoms with Crippen LogP contribution in [-0.4, -0.2) is 40.1 Å². The van der Waals surface area contributed by atoms with Gasteiger partial charge >= 0.3 is 6.18 Å². The van der Waals surface area contributed by atoms with Gasteiger partial charge in [-0.25, -0.2) is 0 Å². The summed E-state index contributed by atoms with van der Waals surface area (Å²) >= 11 is 0. The van der Waals surface area contributed by atoms with Gasteiger partial charge in [-0.3, -0.25) is 9.89 Å². The van der Waals surface area contributed by atoms with Crippen molar-refractivity contribution in [3.63, 3.8) is 0 Å². The van der Waals surface area contributed by atoms with Crippen molar-refractivity contribution in [1.82, 2.24) is 15.1 Å². The first-order chi connectivity index (χ1) is 11.3. The number of halogens is 3. The third-order valence-corrected chi connectivity index (χ3v) is 5.26. The van der Waals surface area contributed by atoms with Crippen LogP contribution in [0.3, 0.4) is 0 Å². The molecule has 1 unspecified atom stereocenters. The van der Waals surface area contributed by atoms with Gasteiger partial charge in [0, 0.05) is 37.2 Å². The second-order valence-corrected chi connectivity index (χ2v) is 6.94. The Morgan fingerprint density at radius 3 is 2.75 bits per heavy atom. The summed E-state index contributed by atoms with van der Waals surface area (Å²) in [5.74, 6) is 0.183. The summed E-state index contributed by atoms with van der Waals surface area (Å²) in [4.78, 5) is 14.3. The normalized spacial score (nSPS) is 28.3. The SMILES string of the molecule is N[C@@H]1CCC[C@H]1CC(=O)N1CCCC(c2cc(C(F)(F)F)n[nH]2)C1. The third kappa shape index (κ3) is 3.74. The van der Waals surface area contributed by atoms with Crippen molar-refractivity contribution in [2.75, 3.05) is 13.1 Å². The van der Waals surface area contributed by atoms with Crippen molar-refractivity contribution in [2.45, 2.75) is 56.7 Å². The molecule has 2 fully saturated rings. The molecule has 1 amide bonds. The Balaban J connectivity index is 1.61. The predicted molar refractivity (Wildman–Crippen MR) is 82.1 cm³/mol. The van der Waals surface area contributed by atoms with Crippen LogP contribution in [0.25, 0.3) is 0 Å². The molecule has 5 nitrogen and oxygen atoms in total. The number of hydrogen-bond donors (Lipinski definition) is 2. The number of H-pyrrole nitrogens is 1. The lowest BCUT2D eigenvalue weighted by molar-refractivity contribution is -0.141. The largest absolute Gasteiger partial charge is 0.435 e. The van der Waals surface area contributed by atoms with Gasteiger partial charge in [0.05, 0.1) is 0 Å². The fraction of sp³-hybridized carbons (Fsp3) is 0.750. The summed E-state index contributed by atoms with van der Waals surface area (Å²) < 4.78 is 38.0. The van der Waals surface area contributed by atoms with Crippen LogP contribution in [0.1, 0.15) is 55.8 Å². The van der Waals surface area contributed by atoms with E-state index in [2.05, 4.69) is 10.2 Å². The number of alkyl halides is 3. The molecule has 2 heterocycles. The van der Waals surface area contributed by atoms with Crippen LogP contribution in [-0.2, 0) is 11.0 Å². The Labute approximate surface area is 138 Å². The van der Waals surface area contributed by atoms with Crippen molar-refractivity contribution in [2.24, 2.45) is 11.7 Å². The predicted octanol–water partition coefficient (Wildman–Crippen LogP) is 2.65. The molecule has 0 aromatic carbocycles. The van der Waals surface area contributed by atoms with Gasteiger partial charge in [0.1, 0.15) is 0 Å². The molecular weight excluding hydrogens is 321 g/mol. The van der Waals surface area contributed by atoms with Crippen molar-refractivity contribution in [3.8, 4) is 0 Å². The highest BCUT2D eigenvalue weighted by Gasteiger charge is 2.36. The van der Waals surface area contributed by atoms with Crippen molar-refractivity contribution in [3.05, 3.63) is 17.5 Å². The second kappa shape index (κ2) is 6.74. The molecular formula is C16H23F3N4O. The van der Waals surface area contributed by atoms with E-state index < -0.39 is 11.9 Å². The maximum absolute atomic E-state index is 12.7. The average Bonchev–Trinajstić information content (AvgIpc) is 3.17. The van der Waals surface area contributed by atoms with E-state index in [9.17, 15) is 18.0 Å². The summed E-state index contributed by atoms with van der Waals surface area (Å²) in [6.07, 6.45) is 0.562. The Morgan fingerprint density at radius 1 is 1.33 bits per heavy atom. The number of aromatic amines is 1. The van der Waals surface area contributed by atoms with Gasteiger partial charge in [-0.05, 0) is 37.7 Å². The van der Waals surface area contributed by atoms with Crippen LogP contribution in [0.15, 0.2) is 6.07 Å². The molecule has 1 aromatic rings. The molecule has 0 radical (unpaired) electrons. The van der Waals surface area contributed by atoms with Gasteiger partial charge in [-0.2, -0.15) is 18.3 Å². The molecule has 1 aliphatic heterocycles. The maximum atomic E-state index is 12.7. The molecule has 1 aliphatic carbocycles. The first-order valence-corrected chi connectivity index (χ1v) is 8.50. The fourth-order valence-electron chi connectivity index (χ4n) is 3.82. The summed E-state index contributed by atoms with van der Waals surface area (Å²) in [5, 5.41) is 5.85. The molecule has 24 heavy (non-hydrogen) atoms. The summed E-state index contributed by atoms with van der Waals surface area (Å²) in [6.45, 7) is 1.11. The quantitative estimate of drug-likeness (QED) is 0.885. The van der Waals surface area contributed by atoms with Crippen LogP contribution >= 0.6 is 0 Å². The van der Waals surface area contributed by atoms with Gasteiger partial charge in [0.2, 0.25) is 5.91 Å². The van der Waals surface area contributed by atoms with Gasteiger partial charge in [0.25, 0.3) is 0 Å². The van der Waals surface area contributed by atoms with Crippen molar-refractivity contribution < 1.29 is 18.0 Å². The molecule has 0 spiro atoms. The highest BCUT2D eigenvalue weighted by atomic mass is 19.4. The van der Waals surface area contributed by atoms with Crippen molar-refractivity contribution >= 4 is 5.91 Å². The molecule has 3 atom stereocenters. The van der Waals surface area contributed by atoms with E-state index in [0.717, 1.165) is 38.2 Å². The monoisotopic (exact) mass is 344 g/mol. The van der Waals surface area contributed by atoms with Gasteiger partial charge in [-0.15, -0.1) is 0 Å². The highest BCUT2D eigenvalue weighted by Crippen LogP contribution is 2.33. The van der Waals surface area contributed by atoms with Crippen LogP contribution in [0, 0.1) is 5.92 Å². The molecule has 8 heteroatoms. The highest BCUT2D eigenvalue weighted by molar-refractivity contribution is 5.76. The summed E-state index contributed by atoms with van der Waals surface area (Å²) in [7, 11) is 0. The minimum Gasteiger partial charge on any atom is -0.342 e. The van der Waals surface area contributed by atoms with E-state index in [0.29, 0.717) is 25.2 Å². The molecule has 0 bridgehead atoms. The topological polar surface area (TPSA) is 75.0 Å². The van der Waals surface area contributed by atoms with Crippen LogP contribution in [0.2, 0.25) is 0 Å². The zero-order chi connectivity index (χ0) is 17.3. The Hall–Kier alpha value is -1.57. The van der Waals surface area contributed by atoms with E-state index >= 15 is 0 Å². The number of piperidine rings is 1. The fourth-order valence-corrected chi connectivity index (χ4v) is 3.82. The lowest BCUT2D eigenvalue weighted by Crippen LogP contribution is -2.41. The molecule has 3 N–H and O–H groups in total. The van der Waals surface area contributed by atoms with E-state index in [1.807, 2.05) is 0 Å². The van der Waals surface area contributed by atoms with E-state index in [-0.39, 0.29) is 23.8 Å². The van der Waals surface area contributed by atoms with E-state index in [1.165, 1.54) is 0 Å². The molecule has 3 rings (SSSR count). The number of aromatic nitrogens is 2. The average molecular weight is 344 g/mol. The number of carbonyl (C=O) groups excluding carboxylic acids is 1. The van der Waals surface area contributed by atoms with Gasteiger partial charge in [0.15, 0.2) is 5.69 Å². The Morgan fingerprint density at radius 2 is 2.12 bits per heavy atom. The zero-order valence-corrected chi connectivity index (χ0v) is 13.5. The Kier molecular flexibility index (Phi) is 4.85. The molecule has 1 saturated heterocycles. The number of likely N-dealkylation sites (tertiary alicyclic amines) is 1. The lowest BCUT2D eigenvalue weighted by atomic mass is 9.93. The number of amides is 1.